The van der Waals surface area contributed by atoms with E-state index in [0.717, 1.165) is 11.3 Å². The van der Waals surface area contributed by atoms with Crippen LogP contribution in [0.25, 0.3) is 11.3 Å². The third-order valence-corrected chi connectivity index (χ3v) is 3.59. The van der Waals surface area contributed by atoms with E-state index in [4.69, 9.17) is 21.1 Å². The van der Waals surface area contributed by atoms with Crippen LogP contribution in [0, 0.1) is 0 Å². The number of nitrogens with zero attached hydrogens (tertiary/aromatic N) is 2. The first-order valence-corrected chi connectivity index (χ1v) is 8.44. The standard InChI is InChI=1S/C18H22ClN3O4/c1-18(2,3)26-17(24)21-7-8-22-14(5-6-15(22)16(23)25-4)12-9-13(19)11-20-10-12/h5-6,9-11H,7-8H2,1-4H3,(H,21,24). The Balaban J connectivity index is 2.20. The van der Waals surface area contributed by atoms with Crippen LogP contribution in [-0.2, 0) is 16.0 Å². The summed E-state index contributed by atoms with van der Waals surface area (Å²) in [5.74, 6) is -0.469. The fourth-order valence-corrected chi connectivity index (χ4v) is 2.55. The van der Waals surface area contributed by atoms with E-state index < -0.39 is 17.7 Å². The number of halogens is 1. The van der Waals surface area contributed by atoms with Crippen LogP contribution in [0.15, 0.2) is 30.6 Å². The van der Waals surface area contributed by atoms with Crippen molar-refractivity contribution in [2.75, 3.05) is 13.7 Å². The predicted molar refractivity (Wildman–Crippen MR) is 98.2 cm³/mol. The molecule has 2 aromatic rings. The molecule has 0 unspecified atom stereocenters. The SMILES string of the molecule is COC(=O)c1ccc(-c2cncc(Cl)c2)n1CCNC(=O)OC(C)(C)C. The Morgan fingerprint density at radius 1 is 1.27 bits per heavy atom. The first kappa shape index (κ1) is 19.8. The van der Waals surface area contributed by atoms with Gasteiger partial charge in [0.25, 0.3) is 0 Å². The Kier molecular flexibility index (Phi) is 6.26. The zero-order chi connectivity index (χ0) is 19.3. The molecule has 8 heteroatoms. The van der Waals surface area contributed by atoms with E-state index in [1.54, 1.807) is 49.7 Å². The zero-order valence-corrected chi connectivity index (χ0v) is 16.0. The molecule has 1 amide bonds. The van der Waals surface area contributed by atoms with E-state index in [2.05, 4.69) is 10.3 Å². The Morgan fingerprint density at radius 3 is 2.62 bits per heavy atom. The zero-order valence-electron chi connectivity index (χ0n) is 15.2. The monoisotopic (exact) mass is 379 g/mol. The number of aromatic nitrogens is 2. The second kappa shape index (κ2) is 8.23. The lowest BCUT2D eigenvalue weighted by atomic mass is 10.2. The van der Waals surface area contributed by atoms with Crippen LogP contribution in [0.5, 0.6) is 0 Å². The molecule has 0 aliphatic rings. The number of ether oxygens (including phenoxy) is 2. The first-order chi connectivity index (χ1) is 12.2. The number of hydrogen-bond donors (Lipinski definition) is 1. The highest BCUT2D eigenvalue weighted by molar-refractivity contribution is 6.30. The van der Waals surface area contributed by atoms with Crippen LogP contribution < -0.4 is 5.32 Å². The van der Waals surface area contributed by atoms with Crippen LogP contribution in [-0.4, -0.2) is 40.9 Å². The van der Waals surface area contributed by atoms with Crippen LogP contribution in [0.4, 0.5) is 4.79 Å². The van der Waals surface area contributed by atoms with E-state index in [1.807, 2.05) is 0 Å². The summed E-state index contributed by atoms with van der Waals surface area (Å²) in [6.45, 7) is 5.99. The normalized spacial score (nSPS) is 11.1. The topological polar surface area (TPSA) is 82.5 Å². The van der Waals surface area contributed by atoms with Gasteiger partial charge in [0.1, 0.15) is 11.3 Å². The second-order valence-electron chi connectivity index (χ2n) is 6.57. The second-order valence-corrected chi connectivity index (χ2v) is 7.00. The molecule has 0 saturated heterocycles. The van der Waals surface area contributed by atoms with Crippen LogP contribution in [0.1, 0.15) is 31.3 Å². The van der Waals surface area contributed by atoms with Gasteiger partial charge in [-0.1, -0.05) is 11.6 Å². The number of methoxy groups -OCH3 is 1. The molecule has 26 heavy (non-hydrogen) atoms. The highest BCUT2D eigenvalue weighted by Gasteiger charge is 2.18. The van der Waals surface area contributed by atoms with Crippen LogP contribution >= 0.6 is 11.6 Å². The molecule has 0 atom stereocenters. The minimum atomic E-state index is -0.577. The van der Waals surface area contributed by atoms with Gasteiger partial charge in [0.2, 0.25) is 0 Å². The summed E-state index contributed by atoms with van der Waals surface area (Å²) < 4.78 is 11.8. The number of amides is 1. The third kappa shape index (κ3) is 5.23. The largest absolute Gasteiger partial charge is 0.464 e. The molecule has 0 aliphatic heterocycles. The highest BCUT2D eigenvalue weighted by Crippen LogP contribution is 2.24. The molecule has 0 aromatic carbocycles. The lowest BCUT2D eigenvalue weighted by molar-refractivity contribution is 0.0526. The van der Waals surface area contributed by atoms with Crippen molar-refractivity contribution in [3.63, 3.8) is 0 Å². The summed E-state index contributed by atoms with van der Waals surface area (Å²) in [5, 5.41) is 3.16. The average molecular weight is 380 g/mol. The van der Waals surface area contributed by atoms with Crippen molar-refractivity contribution in [3.05, 3.63) is 41.3 Å². The smallest absolute Gasteiger partial charge is 0.407 e. The molecule has 0 aliphatic carbocycles. The number of esters is 1. The van der Waals surface area contributed by atoms with Gasteiger partial charge in [-0.15, -0.1) is 0 Å². The molecule has 0 bridgehead atoms. The number of pyridine rings is 1. The minimum absolute atomic E-state index is 0.272. The molecule has 7 nitrogen and oxygen atoms in total. The van der Waals surface area contributed by atoms with Crippen molar-refractivity contribution in [3.8, 4) is 11.3 Å². The summed E-state index contributed by atoms with van der Waals surface area (Å²) in [7, 11) is 1.32. The lowest BCUT2D eigenvalue weighted by Gasteiger charge is -2.20. The fraction of sp³-hybridized carbons (Fsp3) is 0.389. The third-order valence-electron chi connectivity index (χ3n) is 3.38. The highest BCUT2D eigenvalue weighted by atomic mass is 35.5. The predicted octanol–water partition coefficient (Wildman–Crippen LogP) is 3.51. The van der Waals surface area contributed by atoms with Gasteiger partial charge in [0.05, 0.1) is 17.8 Å². The van der Waals surface area contributed by atoms with Gasteiger partial charge in [-0.05, 0) is 39.0 Å². The molecule has 0 radical (unpaired) electrons. The van der Waals surface area contributed by atoms with Crippen LogP contribution in [0.2, 0.25) is 5.02 Å². The summed E-state index contributed by atoms with van der Waals surface area (Å²) in [6.07, 6.45) is 2.67. The number of carbonyl (C=O) groups is 2. The summed E-state index contributed by atoms with van der Waals surface area (Å²) in [4.78, 5) is 27.9. The fourth-order valence-electron chi connectivity index (χ4n) is 2.38. The molecule has 0 fully saturated rings. The number of nitrogens with one attached hydrogen (secondary N) is 1. The van der Waals surface area contributed by atoms with Gasteiger partial charge in [0, 0.05) is 31.0 Å². The maximum Gasteiger partial charge on any atom is 0.407 e. The van der Waals surface area contributed by atoms with E-state index in [-0.39, 0.29) is 6.54 Å². The van der Waals surface area contributed by atoms with Gasteiger partial charge >= 0.3 is 12.1 Å². The van der Waals surface area contributed by atoms with Crippen molar-refractivity contribution in [2.45, 2.75) is 32.9 Å². The van der Waals surface area contributed by atoms with Crippen molar-refractivity contribution in [2.24, 2.45) is 0 Å². The number of alkyl carbamates (subject to hydrolysis) is 1. The van der Waals surface area contributed by atoms with E-state index in [9.17, 15) is 9.59 Å². The van der Waals surface area contributed by atoms with Gasteiger partial charge < -0.3 is 19.4 Å². The summed E-state index contributed by atoms with van der Waals surface area (Å²) in [5.41, 5.74) is 1.29. The van der Waals surface area contributed by atoms with Gasteiger partial charge in [-0.2, -0.15) is 0 Å². The summed E-state index contributed by atoms with van der Waals surface area (Å²) in [6, 6.07) is 5.20. The summed E-state index contributed by atoms with van der Waals surface area (Å²) >= 11 is 6.01. The van der Waals surface area contributed by atoms with E-state index >= 15 is 0 Å². The van der Waals surface area contributed by atoms with E-state index in [1.165, 1.54) is 13.3 Å². The van der Waals surface area contributed by atoms with Crippen molar-refractivity contribution in [1.29, 1.82) is 0 Å². The van der Waals surface area contributed by atoms with E-state index in [0.29, 0.717) is 17.3 Å². The molecule has 2 rings (SSSR count). The Bertz CT molecular complexity index is 796. The van der Waals surface area contributed by atoms with Crippen molar-refractivity contribution < 1.29 is 19.1 Å². The average Bonchev–Trinajstić information content (AvgIpc) is 2.96. The van der Waals surface area contributed by atoms with Gasteiger partial charge in [-0.3, -0.25) is 4.98 Å². The molecule has 1 N–H and O–H groups in total. The Hall–Kier alpha value is -2.54. The van der Waals surface area contributed by atoms with Gasteiger partial charge in [-0.25, -0.2) is 9.59 Å². The Labute approximate surface area is 157 Å². The maximum atomic E-state index is 12.0. The quantitative estimate of drug-likeness (QED) is 0.804. The van der Waals surface area contributed by atoms with Crippen LogP contribution in [0.3, 0.4) is 0 Å². The molecule has 0 saturated carbocycles. The molecular weight excluding hydrogens is 358 g/mol. The number of hydrogen-bond acceptors (Lipinski definition) is 5. The van der Waals surface area contributed by atoms with Crippen molar-refractivity contribution in [1.82, 2.24) is 14.9 Å². The lowest BCUT2D eigenvalue weighted by Crippen LogP contribution is -2.34. The molecule has 2 heterocycles. The maximum absolute atomic E-state index is 12.0. The van der Waals surface area contributed by atoms with Crippen molar-refractivity contribution >= 4 is 23.7 Å². The molecule has 0 spiro atoms. The molecule has 2 aromatic heterocycles. The minimum Gasteiger partial charge on any atom is -0.464 e. The first-order valence-electron chi connectivity index (χ1n) is 8.07. The molecular formula is C18H22ClN3O4. The Morgan fingerprint density at radius 2 is 2.00 bits per heavy atom. The number of carbonyl (C=O) groups excluding carboxylic acids is 2. The molecule has 140 valence electrons. The number of rotatable bonds is 5. The van der Waals surface area contributed by atoms with Gasteiger partial charge in [0.15, 0.2) is 0 Å².